The lowest BCUT2D eigenvalue weighted by atomic mass is 10.1. The fourth-order valence-electron chi connectivity index (χ4n) is 1.89. The Morgan fingerprint density at radius 2 is 2.20 bits per heavy atom. The number of carboxylic acid groups (broad SMARTS) is 1. The third-order valence-electron chi connectivity index (χ3n) is 2.95. The van der Waals surface area contributed by atoms with Crippen molar-refractivity contribution in [1.29, 1.82) is 0 Å². The van der Waals surface area contributed by atoms with E-state index in [1.807, 2.05) is 0 Å². The molecule has 7 nitrogen and oxygen atoms in total. The van der Waals surface area contributed by atoms with E-state index in [4.69, 9.17) is 9.84 Å². The Morgan fingerprint density at radius 3 is 2.85 bits per heavy atom. The standard InChI is InChI=1S/C12H17N3O4S/c16-11(17)9-7-20-10(15-9)1-4-13-12(18)14-8-2-5-19-6-3-8/h7-8H,1-6H2,(H,16,17)(H2,13,14,18). The molecular formula is C12H17N3O4S. The molecule has 1 fully saturated rings. The van der Waals surface area contributed by atoms with Gasteiger partial charge >= 0.3 is 12.0 Å². The van der Waals surface area contributed by atoms with E-state index in [0.717, 1.165) is 12.8 Å². The molecule has 110 valence electrons. The molecule has 3 N–H and O–H groups in total. The van der Waals surface area contributed by atoms with Crippen LogP contribution >= 0.6 is 11.3 Å². The topological polar surface area (TPSA) is 101 Å². The molecule has 2 rings (SSSR count). The summed E-state index contributed by atoms with van der Waals surface area (Å²) in [5.41, 5.74) is 0.0525. The number of hydrogen-bond acceptors (Lipinski definition) is 5. The van der Waals surface area contributed by atoms with Gasteiger partial charge in [0.05, 0.1) is 5.01 Å². The highest BCUT2D eigenvalue weighted by molar-refractivity contribution is 7.09. The molecule has 8 heteroatoms. The molecule has 1 aliphatic rings. The van der Waals surface area contributed by atoms with Crippen LogP contribution in [0.25, 0.3) is 0 Å². The number of carbonyl (C=O) groups is 2. The van der Waals surface area contributed by atoms with Crippen molar-refractivity contribution in [3.05, 3.63) is 16.1 Å². The van der Waals surface area contributed by atoms with Crippen LogP contribution in [0.2, 0.25) is 0 Å². The normalized spacial score (nSPS) is 15.8. The van der Waals surface area contributed by atoms with Crippen molar-refractivity contribution in [3.63, 3.8) is 0 Å². The van der Waals surface area contributed by atoms with Gasteiger partial charge in [0.25, 0.3) is 0 Å². The summed E-state index contributed by atoms with van der Waals surface area (Å²) < 4.78 is 5.22. The molecule has 0 unspecified atom stereocenters. The van der Waals surface area contributed by atoms with E-state index in [-0.39, 0.29) is 17.8 Å². The van der Waals surface area contributed by atoms with Crippen molar-refractivity contribution in [1.82, 2.24) is 15.6 Å². The predicted molar refractivity (Wildman–Crippen MR) is 73.2 cm³/mol. The Hall–Kier alpha value is -1.67. The van der Waals surface area contributed by atoms with E-state index in [2.05, 4.69) is 15.6 Å². The smallest absolute Gasteiger partial charge is 0.355 e. The van der Waals surface area contributed by atoms with Crippen molar-refractivity contribution < 1.29 is 19.4 Å². The number of aromatic nitrogens is 1. The first-order chi connectivity index (χ1) is 9.65. The molecule has 1 saturated heterocycles. The van der Waals surface area contributed by atoms with Crippen molar-refractivity contribution in [2.24, 2.45) is 0 Å². The SMILES string of the molecule is O=C(NCCc1nc(C(=O)O)cs1)NC1CCOCC1. The van der Waals surface area contributed by atoms with Crippen LogP contribution in [0.5, 0.6) is 0 Å². The third-order valence-corrected chi connectivity index (χ3v) is 3.86. The number of urea groups is 1. The molecule has 0 saturated carbocycles. The highest BCUT2D eigenvalue weighted by Gasteiger charge is 2.15. The lowest BCUT2D eigenvalue weighted by molar-refractivity contribution is 0.0691. The monoisotopic (exact) mass is 299 g/mol. The minimum absolute atomic E-state index is 0.0525. The maximum Gasteiger partial charge on any atom is 0.355 e. The number of rotatable bonds is 5. The number of nitrogens with one attached hydrogen (secondary N) is 2. The average molecular weight is 299 g/mol. The summed E-state index contributed by atoms with van der Waals surface area (Å²) in [5, 5.41) is 16.6. The number of amides is 2. The number of carbonyl (C=O) groups excluding carboxylic acids is 1. The molecule has 0 aliphatic carbocycles. The fraction of sp³-hybridized carbons (Fsp3) is 0.583. The summed E-state index contributed by atoms with van der Waals surface area (Å²) in [7, 11) is 0. The number of nitrogens with zero attached hydrogens (tertiary/aromatic N) is 1. The van der Waals surface area contributed by atoms with Crippen LogP contribution in [0.1, 0.15) is 28.3 Å². The van der Waals surface area contributed by atoms with E-state index in [1.165, 1.54) is 16.7 Å². The zero-order valence-electron chi connectivity index (χ0n) is 10.9. The summed E-state index contributed by atoms with van der Waals surface area (Å²) in [5.74, 6) is -1.03. The Labute approximate surface area is 120 Å². The van der Waals surface area contributed by atoms with Gasteiger partial charge < -0.3 is 20.5 Å². The number of hydrogen-bond donors (Lipinski definition) is 3. The second-order valence-electron chi connectivity index (χ2n) is 4.47. The summed E-state index contributed by atoms with van der Waals surface area (Å²) in [6.07, 6.45) is 2.20. The number of carboxylic acids is 1. The van der Waals surface area contributed by atoms with Gasteiger partial charge in [0, 0.05) is 37.6 Å². The van der Waals surface area contributed by atoms with Crippen molar-refractivity contribution in [3.8, 4) is 0 Å². The van der Waals surface area contributed by atoms with Crippen molar-refractivity contribution in [2.75, 3.05) is 19.8 Å². The lowest BCUT2D eigenvalue weighted by Crippen LogP contribution is -2.44. The van der Waals surface area contributed by atoms with Crippen LogP contribution in [0.15, 0.2) is 5.38 Å². The van der Waals surface area contributed by atoms with Gasteiger partial charge in [-0.15, -0.1) is 11.3 Å². The largest absolute Gasteiger partial charge is 0.476 e. The maximum absolute atomic E-state index is 11.6. The van der Waals surface area contributed by atoms with Crippen LogP contribution in [-0.2, 0) is 11.2 Å². The minimum Gasteiger partial charge on any atom is -0.476 e. The number of aromatic carboxylic acids is 1. The van der Waals surface area contributed by atoms with Gasteiger partial charge in [-0.05, 0) is 12.8 Å². The van der Waals surface area contributed by atoms with Crippen LogP contribution in [0, 0.1) is 0 Å². The minimum atomic E-state index is -1.03. The van der Waals surface area contributed by atoms with Gasteiger partial charge in [-0.3, -0.25) is 0 Å². The second kappa shape index (κ2) is 7.20. The van der Waals surface area contributed by atoms with Gasteiger partial charge in [0.15, 0.2) is 5.69 Å². The molecule has 1 aromatic heterocycles. The predicted octanol–water partition coefficient (Wildman–Crippen LogP) is 0.862. The molecule has 0 bridgehead atoms. The molecule has 1 aliphatic heterocycles. The van der Waals surface area contributed by atoms with Gasteiger partial charge in [-0.25, -0.2) is 14.6 Å². The van der Waals surface area contributed by atoms with E-state index < -0.39 is 5.97 Å². The summed E-state index contributed by atoms with van der Waals surface area (Å²) in [6, 6.07) is -0.0332. The van der Waals surface area contributed by atoms with Gasteiger partial charge in [0.2, 0.25) is 0 Å². The molecule has 2 amide bonds. The molecular weight excluding hydrogens is 282 g/mol. The third kappa shape index (κ3) is 4.46. The first kappa shape index (κ1) is 14.7. The molecule has 0 aromatic carbocycles. The molecule has 2 heterocycles. The number of thiazole rings is 1. The molecule has 1 aromatic rings. The quantitative estimate of drug-likeness (QED) is 0.748. The molecule has 0 radical (unpaired) electrons. The Kier molecular flexibility index (Phi) is 5.31. The van der Waals surface area contributed by atoms with E-state index in [0.29, 0.717) is 31.2 Å². The summed E-state index contributed by atoms with van der Waals surface area (Å²) in [6.45, 7) is 1.80. The Morgan fingerprint density at radius 1 is 1.45 bits per heavy atom. The highest BCUT2D eigenvalue weighted by atomic mass is 32.1. The van der Waals surface area contributed by atoms with E-state index >= 15 is 0 Å². The first-order valence-corrected chi connectivity index (χ1v) is 7.33. The van der Waals surface area contributed by atoms with Gasteiger partial charge in [0.1, 0.15) is 0 Å². The number of ether oxygens (including phenoxy) is 1. The van der Waals surface area contributed by atoms with E-state index in [9.17, 15) is 9.59 Å². The first-order valence-electron chi connectivity index (χ1n) is 6.45. The lowest BCUT2D eigenvalue weighted by Gasteiger charge is -2.23. The second-order valence-corrected chi connectivity index (χ2v) is 5.41. The summed E-state index contributed by atoms with van der Waals surface area (Å²) in [4.78, 5) is 26.3. The van der Waals surface area contributed by atoms with Crippen LogP contribution < -0.4 is 10.6 Å². The zero-order valence-corrected chi connectivity index (χ0v) is 11.7. The Bertz CT molecular complexity index is 471. The van der Waals surface area contributed by atoms with E-state index in [1.54, 1.807) is 0 Å². The van der Waals surface area contributed by atoms with Crippen LogP contribution in [-0.4, -0.2) is 47.9 Å². The molecule has 0 atom stereocenters. The highest BCUT2D eigenvalue weighted by Crippen LogP contribution is 2.10. The van der Waals surface area contributed by atoms with Crippen molar-refractivity contribution >= 4 is 23.3 Å². The van der Waals surface area contributed by atoms with Gasteiger partial charge in [-0.1, -0.05) is 0 Å². The average Bonchev–Trinajstić information content (AvgIpc) is 2.89. The maximum atomic E-state index is 11.6. The van der Waals surface area contributed by atoms with Crippen LogP contribution in [0.3, 0.4) is 0 Å². The molecule has 0 spiro atoms. The van der Waals surface area contributed by atoms with Crippen molar-refractivity contribution in [2.45, 2.75) is 25.3 Å². The fourth-order valence-corrected chi connectivity index (χ4v) is 2.66. The van der Waals surface area contributed by atoms with Crippen LogP contribution in [0.4, 0.5) is 4.79 Å². The molecule has 20 heavy (non-hydrogen) atoms. The van der Waals surface area contributed by atoms with Gasteiger partial charge in [-0.2, -0.15) is 0 Å². The zero-order chi connectivity index (χ0) is 14.4. The summed E-state index contributed by atoms with van der Waals surface area (Å²) >= 11 is 1.29. The Balaban J connectivity index is 1.66.